The molecule has 0 bridgehead atoms. The van der Waals surface area contributed by atoms with E-state index in [-0.39, 0.29) is 17.3 Å². The number of carbonyl (C=O) groups excluding carboxylic acids is 1. The lowest BCUT2D eigenvalue weighted by molar-refractivity contribution is -0.120. The summed E-state index contributed by atoms with van der Waals surface area (Å²) in [5.41, 5.74) is 6.99. The average Bonchev–Trinajstić information content (AvgIpc) is 2.79. The third-order valence-corrected chi connectivity index (χ3v) is 6.79. The van der Waals surface area contributed by atoms with E-state index in [9.17, 15) is 13.2 Å². The van der Waals surface area contributed by atoms with Gasteiger partial charge in [-0.1, -0.05) is 11.2 Å². The molecule has 11 heteroatoms. The molecule has 0 atom stereocenters. The summed E-state index contributed by atoms with van der Waals surface area (Å²) in [5, 5.41) is 6.41. The summed E-state index contributed by atoms with van der Waals surface area (Å²) >= 11 is 0. The van der Waals surface area contributed by atoms with Gasteiger partial charge in [0.05, 0.1) is 4.90 Å². The molecule has 0 radical (unpaired) electrons. The van der Waals surface area contributed by atoms with Crippen molar-refractivity contribution < 1.29 is 18.0 Å². The van der Waals surface area contributed by atoms with Crippen LogP contribution in [0.1, 0.15) is 24.8 Å². The van der Waals surface area contributed by atoms with Gasteiger partial charge in [-0.25, -0.2) is 17.7 Å². The maximum absolute atomic E-state index is 12.2. The number of nitrogens with two attached hydrogens (primary N) is 1. The van der Waals surface area contributed by atoms with Crippen LogP contribution in [-0.4, -0.2) is 63.2 Å². The zero-order valence-electron chi connectivity index (χ0n) is 18.2. The molecule has 0 aliphatic carbocycles. The topological polar surface area (TPSA) is 130 Å². The first-order chi connectivity index (χ1) is 15.3. The molecule has 1 aliphatic rings. The molecule has 0 spiro atoms. The second-order valence-corrected chi connectivity index (χ2v) is 9.72. The van der Waals surface area contributed by atoms with E-state index in [4.69, 9.17) is 10.6 Å². The van der Waals surface area contributed by atoms with Crippen molar-refractivity contribution in [1.29, 1.82) is 0 Å². The quantitative estimate of drug-likeness (QED) is 0.348. The monoisotopic (exact) mass is 460 g/mol. The Morgan fingerprint density at radius 2 is 1.97 bits per heavy atom. The fraction of sp³-hybridized carbons (Fsp3) is 0.381. The molecular weight excluding hydrogens is 432 g/mol. The van der Waals surface area contributed by atoms with E-state index in [0.717, 1.165) is 36.1 Å². The van der Waals surface area contributed by atoms with Crippen molar-refractivity contribution in [3.05, 3.63) is 48.2 Å². The molecule has 32 heavy (non-hydrogen) atoms. The second-order valence-electron chi connectivity index (χ2n) is 7.56. The Balaban J connectivity index is 1.57. The van der Waals surface area contributed by atoms with Crippen LogP contribution in [0.15, 0.2) is 52.6 Å². The van der Waals surface area contributed by atoms with Crippen molar-refractivity contribution >= 4 is 33.3 Å². The molecule has 0 unspecified atom stereocenters. The summed E-state index contributed by atoms with van der Waals surface area (Å²) in [6.45, 7) is 1.54. The van der Waals surface area contributed by atoms with Gasteiger partial charge in [-0.15, -0.1) is 0 Å². The van der Waals surface area contributed by atoms with Gasteiger partial charge in [0.25, 0.3) is 5.91 Å². The van der Waals surface area contributed by atoms with Crippen LogP contribution in [0.25, 0.3) is 0 Å². The van der Waals surface area contributed by atoms with E-state index in [1.165, 1.54) is 32.6 Å². The Hall–Kier alpha value is -3.18. The first-order valence-corrected chi connectivity index (χ1v) is 11.7. The number of hydrogen-bond donors (Lipinski definition) is 2. The number of carbonyl (C=O) groups is 1. The summed E-state index contributed by atoms with van der Waals surface area (Å²) < 4.78 is 25.6. The molecule has 1 aromatic carbocycles. The SMILES string of the molecule is CN(C)S(=O)(=O)c1cccc(NC(=O)CO/N=C(/N)c2ccnc(N3CCCCC3)c2)c1. The number of amidine groups is 1. The summed E-state index contributed by atoms with van der Waals surface area (Å²) in [5.74, 6) is 0.480. The van der Waals surface area contributed by atoms with Gasteiger partial charge in [0, 0.05) is 44.6 Å². The van der Waals surface area contributed by atoms with Crippen LogP contribution in [0.3, 0.4) is 0 Å². The van der Waals surface area contributed by atoms with Gasteiger partial charge in [0.2, 0.25) is 10.0 Å². The van der Waals surface area contributed by atoms with Gasteiger partial charge in [0.15, 0.2) is 12.4 Å². The van der Waals surface area contributed by atoms with Crippen LogP contribution >= 0.6 is 0 Å². The van der Waals surface area contributed by atoms with E-state index in [1.807, 2.05) is 6.07 Å². The first kappa shape index (κ1) is 23.5. The van der Waals surface area contributed by atoms with E-state index < -0.39 is 15.9 Å². The molecule has 3 N–H and O–H groups in total. The van der Waals surface area contributed by atoms with Crippen LogP contribution in [0.5, 0.6) is 0 Å². The Kier molecular flexibility index (Phi) is 7.65. The van der Waals surface area contributed by atoms with Crippen molar-refractivity contribution in [3.8, 4) is 0 Å². The predicted molar refractivity (Wildman–Crippen MR) is 123 cm³/mol. The van der Waals surface area contributed by atoms with Gasteiger partial charge in [-0.3, -0.25) is 4.79 Å². The number of piperidine rings is 1. The molecule has 1 aliphatic heterocycles. The van der Waals surface area contributed by atoms with Gasteiger partial charge < -0.3 is 20.8 Å². The lowest BCUT2D eigenvalue weighted by Gasteiger charge is -2.27. The number of amides is 1. The molecule has 1 amide bonds. The minimum Gasteiger partial charge on any atom is -0.384 e. The number of sulfonamides is 1. The number of oxime groups is 1. The Morgan fingerprint density at radius 3 is 2.69 bits per heavy atom. The first-order valence-electron chi connectivity index (χ1n) is 10.3. The van der Waals surface area contributed by atoms with E-state index in [2.05, 4.69) is 20.4 Å². The highest BCUT2D eigenvalue weighted by atomic mass is 32.2. The van der Waals surface area contributed by atoms with Crippen LogP contribution in [-0.2, 0) is 19.7 Å². The second kappa shape index (κ2) is 10.4. The summed E-state index contributed by atoms with van der Waals surface area (Å²) in [6, 6.07) is 9.55. The van der Waals surface area contributed by atoms with Crippen molar-refractivity contribution in [2.24, 2.45) is 10.9 Å². The van der Waals surface area contributed by atoms with Crippen molar-refractivity contribution in [2.45, 2.75) is 24.2 Å². The fourth-order valence-corrected chi connectivity index (χ4v) is 4.18. The highest BCUT2D eigenvalue weighted by molar-refractivity contribution is 7.89. The summed E-state index contributed by atoms with van der Waals surface area (Å²) in [7, 11) is -0.723. The Labute approximate surface area is 188 Å². The minimum absolute atomic E-state index is 0.0747. The number of pyridine rings is 1. The van der Waals surface area contributed by atoms with Crippen molar-refractivity contribution in [1.82, 2.24) is 9.29 Å². The number of nitrogens with one attached hydrogen (secondary N) is 1. The standard InChI is InChI=1S/C21H28N6O4S/c1-26(2)32(29,30)18-8-6-7-17(14-18)24-20(28)15-31-25-21(22)16-9-10-23-19(13-16)27-11-4-3-5-12-27/h6-10,13-14H,3-5,11-12,15H2,1-2H3,(H2,22,25)(H,24,28). The summed E-state index contributed by atoms with van der Waals surface area (Å²) in [6.07, 6.45) is 5.17. The van der Waals surface area contributed by atoms with Gasteiger partial charge in [-0.2, -0.15) is 0 Å². The smallest absolute Gasteiger partial charge is 0.265 e. The lowest BCUT2D eigenvalue weighted by Crippen LogP contribution is -2.30. The Bertz CT molecular complexity index is 1080. The molecule has 2 heterocycles. The van der Waals surface area contributed by atoms with E-state index >= 15 is 0 Å². The molecule has 1 fully saturated rings. The zero-order valence-corrected chi connectivity index (χ0v) is 19.0. The fourth-order valence-electron chi connectivity index (χ4n) is 3.23. The van der Waals surface area contributed by atoms with Crippen LogP contribution in [0, 0.1) is 0 Å². The van der Waals surface area contributed by atoms with Gasteiger partial charge in [-0.05, 0) is 49.6 Å². The molecule has 1 aromatic heterocycles. The number of hydrogen-bond acceptors (Lipinski definition) is 7. The number of benzene rings is 1. The van der Waals surface area contributed by atoms with Gasteiger partial charge in [0.1, 0.15) is 5.82 Å². The normalized spacial score (nSPS) is 15.0. The number of rotatable bonds is 8. The molecule has 3 rings (SSSR count). The minimum atomic E-state index is -3.60. The third-order valence-electron chi connectivity index (χ3n) is 4.98. The highest BCUT2D eigenvalue weighted by Gasteiger charge is 2.18. The number of aromatic nitrogens is 1. The highest BCUT2D eigenvalue weighted by Crippen LogP contribution is 2.19. The van der Waals surface area contributed by atoms with Crippen LogP contribution < -0.4 is 16.0 Å². The largest absolute Gasteiger partial charge is 0.384 e. The summed E-state index contributed by atoms with van der Waals surface area (Å²) in [4.78, 5) is 23.9. The Morgan fingerprint density at radius 1 is 1.22 bits per heavy atom. The molecule has 172 valence electrons. The van der Waals surface area contributed by atoms with Crippen molar-refractivity contribution in [2.75, 3.05) is 44.0 Å². The molecule has 10 nitrogen and oxygen atoms in total. The molecule has 2 aromatic rings. The average molecular weight is 461 g/mol. The predicted octanol–water partition coefficient (Wildman–Crippen LogP) is 1.60. The van der Waals surface area contributed by atoms with E-state index in [1.54, 1.807) is 24.4 Å². The van der Waals surface area contributed by atoms with Gasteiger partial charge >= 0.3 is 0 Å². The molecule has 0 saturated carbocycles. The zero-order chi connectivity index (χ0) is 23.1. The lowest BCUT2D eigenvalue weighted by atomic mass is 10.1. The van der Waals surface area contributed by atoms with E-state index in [0.29, 0.717) is 11.3 Å². The molecular formula is C21H28N6O4S. The molecule has 1 saturated heterocycles. The maximum Gasteiger partial charge on any atom is 0.265 e. The number of anilines is 2. The third kappa shape index (κ3) is 5.95. The number of nitrogens with zero attached hydrogens (tertiary/aromatic N) is 4. The van der Waals surface area contributed by atoms with Crippen molar-refractivity contribution in [3.63, 3.8) is 0 Å². The van der Waals surface area contributed by atoms with Crippen LogP contribution in [0.2, 0.25) is 0 Å². The maximum atomic E-state index is 12.2. The van der Waals surface area contributed by atoms with Crippen LogP contribution in [0.4, 0.5) is 11.5 Å².